The summed E-state index contributed by atoms with van der Waals surface area (Å²) in [5, 5.41) is 10.7. The van der Waals surface area contributed by atoms with E-state index in [2.05, 4.69) is 4.90 Å². The Kier molecular flexibility index (Phi) is 7.20. The van der Waals surface area contributed by atoms with Crippen LogP contribution in [0.5, 0.6) is 5.75 Å². The molecule has 11 heteroatoms. The molecule has 0 radical (unpaired) electrons. The average Bonchev–Trinajstić information content (AvgIpc) is 2.83. The van der Waals surface area contributed by atoms with Gasteiger partial charge in [0.05, 0.1) is 17.1 Å². The Morgan fingerprint density at radius 2 is 1.68 bits per heavy atom. The number of halogens is 3. The third kappa shape index (κ3) is 5.21. The van der Waals surface area contributed by atoms with Crippen LogP contribution in [-0.2, 0) is 14.8 Å². The molecule has 1 fully saturated rings. The maximum Gasteiger partial charge on any atom is 0.303 e. The van der Waals surface area contributed by atoms with Gasteiger partial charge in [-0.05, 0) is 60.5 Å². The second-order valence-corrected chi connectivity index (χ2v) is 12.2. The number of hydrogen-bond acceptors (Lipinski definition) is 5. The molecule has 0 spiro atoms. The van der Waals surface area contributed by atoms with Crippen LogP contribution >= 0.6 is 34.8 Å². The first-order valence-electron chi connectivity index (χ1n) is 11.6. The van der Waals surface area contributed by atoms with Crippen molar-refractivity contribution in [2.75, 3.05) is 28.8 Å². The van der Waals surface area contributed by atoms with E-state index in [-0.39, 0.29) is 30.2 Å². The van der Waals surface area contributed by atoms with E-state index in [4.69, 9.17) is 44.6 Å². The van der Waals surface area contributed by atoms with Crippen LogP contribution in [0.4, 0.5) is 11.4 Å². The number of benzene rings is 3. The van der Waals surface area contributed by atoms with Gasteiger partial charge in [0.25, 0.3) is 10.0 Å². The number of ether oxygens (including phenoxy) is 1. The Hall–Kier alpha value is -2.65. The van der Waals surface area contributed by atoms with E-state index in [1.807, 2.05) is 24.3 Å². The SMILES string of the molecule is O=C(O)CC[C@@H]1CN(S(=O)(=O)c2cccc(Cl)c2)c2cc(N3CC(c4c(Cl)cccc4Cl)C3)ccc2O1. The van der Waals surface area contributed by atoms with Gasteiger partial charge in [0.2, 0.25) is 0 Å². The number of sulfonamides is 1. The second-order valence-electron chi connectivity index (χ2n) is 9.06. The molecule has 1 N–H and O–H groups in total. The lowest BCUT2D eigenvalue weighted by molar-refractivity contribution is -0.137. The molecule has 0 bridgehead atoms. The number of carbonyl (C=O) groups is 1. The molecule has 0 saturated carbocycles. The molecule has 0 unspecified atom stereocenters. The van der Waals surface area contributed by atoms with Crippen LogP contribution in [0.3, 0.4) is 0 Å². The highest BCUT2D eigenvalue weighted by molar-refractivity contribution is 7.92. The van der Waals surface area contributed by atoms with E-state index < -0.39 is 22.1 Å². The average molecular weight is 582 g/mol. The van der Waals surface area contributed by atoms with Gasteiger partial charge in [-0.3, -0.25) is 9.10 Å². The second kappa shape index (κ2) is 10.3. The van der Waals surface area contributed by atoms with Crippen molar-refractivity contribution in [2.45, 2.75) is 29.8 Å². The zero-order valence-corrected chi connectivity index (χ0v) is 22.6. The Balaban J connectivity index is 1.46. The summed E-state index contributed by atoms with van der Waals surface area (Å²) in [6.07, 6.45) is -0.577. The molecule has 3 aromatic carbocycles. The standard InChI is InChI=1S/C26H23Cl3N2O5S/c27-17-3-1-4-20(11-17)37(34,35)31-15-19(8-10-25(32)33)36-24-9-7-18(12-23(24)31)30-13-16(14-30)26-21(28)5-2-6-22(26)29/h1-7,9,11-12,16,19H,8,10,13-15H2,(H,32,33)/t19-/m1/s1. The van der Waals surface area contributed by atoms with Gasteiger partial charge in [-0.2, -0.15) is 0 Å². The van der Waals surface area contributed by atoms with Crippen LogP contribution in [0, 0.1) is 0 Å². The van der Waals surface area contributed by atoms with Crippen LogP contribution in [-0.4, -0.2) is 45.2 Å². The molecule has 5 rings (SSSR count). The van der Waals surface area contributed by atoms with Crippen molar-refractivity contribution < 1.29 is 23.1 Å². The molecule has 2 heterocycles. The van der Waals surface area contributed by atoms with Crippen molar-refractivity contribution in [3.05, 3.63) is 81.3 Å². The predicted octanol–water partition coefficient (Wildman–Crippen LogP) is 6.07. The molecule has 1 saturated heterocycles. The van der Waals surface area contributed by atoms with Crippen molar-refractivity contribution in [1.82, 2.24) is 0 Å². The topological polar surface area (TPSA) is 87.2 Å². The Morgan fingerprint density at radius 1 is 0.973 bits per heavy atom. The molecule has 194 valence electrons. The molecular formula is C26H23Cl3N2O5S. The minimum Gasteiger partial charge on any atom is -0.486 e. The maximum absolute atomic E-state index is 13.7. The first-order valence-corrected chi connectivity index (χ1v) is 14.2. The molecule has 2 aliphatic heterocycles. The van der Waals surface area contributed by atoms with Gasteiger partial charge in [0.15, 0.2) is 0 Å². The van der Waals surface area contributed by atoms with E-state index in [0.717, 1.165) is 11.3 Å². The normalized spacial score (nSPS) is 17.6. The molecule has 2 aliphatic rings. The van der Waals surface area contributed by atoms with Crippen molar-refractivity contribution in [1.29, 1.82) is 0 Å². The number of fused-ring (bicyclic) bond motifs is 1. The number of rotatable bonds is 7. The molecule has 0 aliphatic carbocycles. The molecule has 7 nitrogen and oxygen atoms in total. The highest BCUT2D eigenvalue weighted by Gasteiger charge is 2.37. The molecule has 37 heavy (non-hydrogen) atoms. The van der Waals surface area contributed by atoms with Gasteiger partial charge in [-0.1, -0.05) is 46.9 Å². The summed E-state index contributed by atoms with van der Waals surface area (Å²) in [6, 6.07) is 16.9. The zero-order chi connectivity index (χ0) is 26.3. The fourth-order valence-electron chi connectivity index (χ4n) is 4.69. The van der Waals surface area contributed by atoms with Crippen molar-refractivity contribution in [2.24, 2.45) is 0 Å². The zero-order valence-electron chi connectivity index (χ0n) is 19.5. The quantitative estimate of drug-likeness (QED) is 0.364. The summed E-state index contributed by atoms with van der Waals surface area (Å²) in [5.74, 6) is -0.442. The van der Waals surface area contributed by atoms with Gasteiger partial charge < -0.3 is 14.7 Å². The minimum atomic E-state index is -4.00. The third-order valence-electron chi connectivity index (χ3n) is 6.59. The van der Waals surface area contributed by atoms with Crippen LogP contribution in [0.15, 0.2) is 65.6 Å². The summed E-state index contributed by atoms with van der Waals surface area (Å²) < 4.78 is 34.7. The summed E-state index contributed by atoms with van der Waals surface area (Å²) in [4.78, 5) is 13.3. The lowest BCUT2D eigenvalue weighted by Gasteiger charge is -2.43. The first kappa shape index (κ1) is 26.0. The number of carboxylic acid groups (broad SMARTS) is 1. The monoisotopic (exact) mass is 580 g/mol. The van der Waals surface area contributed by atoms with Crippen molar-refractivity contribution in [3.63, 3.8) is 0 Å². The van der Waals surface area contributed by atoms with Gasteiger partial charge in [-0.25, -0.2) is 8.42 Å². The summed E-state index contributed by atoms with van der Waals surface area (Å²) in [6.45, 7) is 1.33. The molecule has 1 atom stereocenters. The summed E-state index contributed by atoms with van der Waals surface area (Å²) >= 11 is 18.9. The van der Waals surface area contributed by atoms with Crippen LogP contribution in [0.1, 0.15) is 24.3 Å². The van der Waals surface area contributed by atoms with Gasteiger partial charge in [0.1, 0.15) is 11.9 Å². The van der Waals surface area contributed by atoms with Gasteiger partial charge in [0, 0.05) is 46.2 Å². The lowest BCUT2D eigenvalue weighted by Crippen LogP contribution is -2.46. The maximum atomic E-state index is 13.7. The number of carboxylic acids is 1. The van der Waals surface area contributed by atoms with E-state index in [0.29, 0.717) is 39.6 Å². The van der Waals surface area contributed by atoms with E-state index in [9.17, 15) is 13.2 Å². The Morgan fingerprint density at radius 3 is 2.35 bits per heavy atom. The Bertz CT molecular complexity index is 1440. The summed E-state index contributed by atoms with van der Waals surface area (Å²) in [5.41, 5.74) is 2.13. The van der Waals surface area contributed by atoms with Gasteiger partial charge >= 0.3 is 5.97 Å². The minimum absolute atomic E-state index is 0.0174. The molecule has 0 amide bonds. The third-order valence-corrected chi connectivity index (χ3v) is 9.26. The number of hydrogen-bond donors (Lipinski definition) is 1. The summed E-state index contributed by atoms with van der Waals surface area (Å²) in [7, 11) is -4.00. The lowest BCUT2D eigenvalue weighted by atomic mass is 9.90. The number of aliphatic carboxylic acids is 1. The smallest absolute Gasteiger partial charge is 0.303 e. The highest BCUT2D eigenvalue weighted by Crippen LogP contribution is 2.44. The first-order chi connectivity index (χ1) is 17.6. The Labute approximate surface area is 230 Å². The number of anilines is 2. The van der Waals surface area contributed by atoms with E-state index in [1.165, 1.54) is 16.4 Å². The van der Waals surface area contributed by atoms with Crippen LogP contribution in [0.2, 0.25) is 15.1 Å². The van der Waals surface area contributed by atoms with Crippen LogP contribution in [0.25, 0.3) is 0 Å². The van der Waals surface area contributed by atoms with Crippen molar-refractivity contribution in [3.8, 4) is 5.75 Å². The fourth-order valence-corrected chi connectivity index (χ4v) is 7.19. The molecule has 3 aromatic rings. The predicted molar refractivity (Wildman–Crippen MR) is 145 cm³/mol. The fraction of sp³-hybridized carbons (Fsp3) is 0.269. The van der Waals surface area contributed by atoms with E-state index >= 15 is 0 Å². The molecular weight excluding hydrogens is 559 g/mol. The van der Waals surface area contributed by atoms with Crippen LogP contribution < -0.4 is 13.9 Å². The number of nitrogens with zero attached hydrogens (tertiary/aromatic N) is 2. The van der Waals surface area contributed by atoms with Crippen molar-refractivity contribution >= 4 is 62.2 Å². The largest absolute Gasteiger partial charge is 0.486 e. The molecule has 0 aromatic heterocycles. The highest BCUT2D eigenvalue weighted by atomic mass is 35.5. The van der Waals surface area contributed by atoms with Gasteiger partial charge in [-0.15, -0.1) is 0 Å². The van der Waals surface area contributed by atoms with E-state index in [1.54, 1.807) is 24.3 Å².